The third-order valence-corrected chi connectivity index (χ3v) is 4.51. The highest BCUT2D eigenvalue weighted by Gasteiger charge is 2.33. The minimum absolute atomic E-state index is 0.0246. The standard InChI is InChI=1S/C20H17ClF3NO2/c1-3-25-16(9-12-4-6-15(21)11-17(12)20(22,23)24)10-14-8-13(19(26)27-2)5-7-18(14)25/h4-8,10-11H,3,9H2,1-2H3/i3D2. The number of ether oxygens (including phenoxy) is 1. The van der Waals surface area contributed by atoms with Crippen LogP contribution in [-0.4, -0.2) is 17.6 Å². The lowest BCUT2D eigenvalue weighted by atomic mass is 10.0. The molecule has 0 bridgehead atoms. The summed E-state index contributed by atoms with van der Waals surface area (Å²) in [7, 11) is 1.24. The van der Waals surface area contributed by atoms with Crippen LogP contribution in [0.3, 0.4) is 0 Å². The summed E-state index contributed by atoms with van der Waals surface area (Å²) in [4.78, 5) is 11.8. The summed E-state index contributed by atoms with van der Waals surface area (Å²) >= 11 is 5.75. The molecule has 2 aromatic carbocycles. The summed E-state index contributed by atoms with van der Waals surface area (Å²) < 4.78 is 62.7. The van der Waals surface area contributed by atoms with Crippen molar-refractivity contribution >= 4 is 28.5 Å². The van der Waals surface area contributed by atoms with Gasteiger partial charge in [-0.25, -0.2) is 4.79 Å². The SMILES string of the molecule is [2H]C([2H])(C)n1c(Cc2ccc(Cl)cc2C(F)(F)F)cc2cc(C(=O)OC)ccc21. The van der Waals surface area contributed by atoms with Gasteiger partial charge in [0.25, 0.3) is 0 Å². The van der Waals surface area contributed by atoms with Gasteiger partial charge in [-0.3, -0.25) is 0 Å². The van der Waals surface area contributed by atoms with Gasteiger partial charge in [-0.05, 0) is 48.9 Å². The second-order valence-corrected chi connectivity index (χ2v) is 6.37. The van der Waals surface area contributed by atoms with Crippen molar-refractivity contribution in [2.45, 2.75) is 26.0 Å². The molecular weight excluding hydrogens is 379 g/mol. The van der Waals surface area contributed by atoms with Crippen LogP contribution in [0.1, 0.15) is 36.8 Å². The van der Waals surface area contributed by atoms with Gasteiger partial charge >= 0.3 is 12.1 Å². The Balaban J connectivity index is 2.18. The maximum atomic E-state index is 13.5. The molecule has 0 N–H and O–H groups in total. The Hall–Kier alpha value is -2.47. The van der Waals surface area contributed by atoms with E-state index in [4.69, 9.17) is 19.1 Å². The number of alkyl halides is 3. The van der Waals surface area contributed by atoms with Gasteiger partial charge in [0.15, 0.2) is 0 Å². The number of fused-ring (bicyclic) bond motifs is 1. The molecule has 0 saturated heterocycles. The smallest absolute Gasteiger partial charge is 0.416 e. The van der Waals surface area contributed by atoms with Crippen LogP contribution in [-0.2, 0) is 23.8 Å². The van der Waals surface area contributed by atoms with Gasteiger partial charge in [0.05, 0.1) is 18.2 Å². The largest absolute Gasteiger partial charge is 0.465 e. The Morgan fingerprint density at radius 2 is 1.96 bits per heavy atom. The van der Waals surface area contributed by atoms with E-state index in [1.165, 1.54) is 42.9 Å². The second-order valence-electron chi connectivity index (χ2n) is 5.94. The number of aryl methyl sites for hydroxylation is 1. The normalized spacial score (nSPS) is 13.4. The molecule has 3 rings (SSSR count). The maximum Gasteiger partial charge on any atom is 0.416 e. The molecule has 0 aliphatic carbocycles. The van der Waals surface area contributed by atoms with Gasteiger partial charge in [0.1, 0.15) is 0 Å². The van der Waals surface area contributed by atoms with Crippen molar-refractivity contribution in [3.63, 3.8) is 0 Å². The van der Waals surface area contributed by atoms with E-state index in [9.17, 15) is 18.0 Å². The van der Waals surface area contributed by atoms with Crippen LogP contribution in [0.25, 0.3) is 10.9 Å². The van der Waals surface area contributed by atoms with E-state index in [0.717, 1.165) is 6.07 Å². The highest BCUT2D eigenvalue weighted by molar-refractivity contribution is 6.30. The monoisotopic (exact) mass is 397 g/mol. The van der Waals surface area contributed by atoms with Crippen LogP contribution in [0.5, 0.6) is 0 Å². The summed E-state index contributed by atoms with van der Waals surface area (Å²) in [5.74, 6) is -0.558. The number of nitrogens with zero attached hydrogens (tertiary/aromatic N) is 1. The quantitative estimate of drug-likeness (QED) is 0.528. The van der Waals surface area contributed by atoms with Gasteiger partial charge in [-0.1, -0.05) is 17.7 Å². The number of methoxy groups -OCH3 is 1. The lowest BCUT2D eigenvalue weighted by Gasteiger charge is -2.14. The number of carbonyl (C=O) groups excluding carboxylic acids is 1. The third-order valence-electron chi connectivity index (χ3n) is 4.27. The van der Waals surface area contributed by atoms with Gasteiger partial charge in [-0.2, -0.15) is 13.2 Å². The summed E-state index contributed by atoms with van der Waals surface area (Å²) in [6, 6.07) is 9.67. The number of rotatable bonds is 4. The van der Waals surface area contributed by atoms with E-state index in [1.54, 1.807) is 12.1 Å². The molecule has 142 valence electrons. The van der Waals surface area contributed by atoms with Crippen molar-refractivity contribution in [1.82, 2.24) is 4.57 Å². The van der Waals surface area contributed by atoms with Crippen LogP contribution in [0.15, 0.2) is 42.5 Å². The fourth-order valence-corrected chi connectivity index (χ4v) is 3.25. The van der Waals surface area contributed by atoms with Crippen LogP contribution in [0, 0.1) is 0 Å². The van der Waals surface area contributed by atoms with Crippen molar-refractivity contribution in [3.05, 3.63) is 69.9 Å². The molecule has 0 spiro atoms. The third kappa shape index (κ3) is 3.81. The zero-order chi connectivity index (χ0) is 21.6. The number of hydrogen-bond donors (Lipinski definition) is 0. The van der Waals surface area contributed by atoms with Gasteiger partial charge < -0.3 is 9.30 Å². The van der Waals surface area contributed by atoms with E-state index >= 15 is 0 Å². The number of aromatic nitrogens is 1. The fraction of sp³-hybridized carbons (Fsp3) is 0.250. The molecule has 0 unspecified atom stereocenters. The molecule has 3 nitrogen and oxygen atoms in total. The number of esters is 1. The summed E-state index contributed by atoms with van der Waals surface area (Å²) in [5, 5.41) is 0.492. The van der Waals surface area contributed by atoms with Crippen molar-refractivity contribution in [2.24, 2.45) is 0 Å². The molecule has 1 aromatic heterocycles. The predicted octanol–water partition coefficient (Wildman–Crippen LogP) is 5.71. The highest BCUT2D eigenvalue weighted by Crippen LogP contribution is 2.35. The Labute approximate surface area is 162 Å². The van der Waals surface area contributed by atoms with E-state index in [-0.39, 0.29) is 22.6 Å². The minimum atomic E-state index is -4.60. The fourth-order valence-electron chi connectivity index (χ4n) is 3.07. The number of halogens is 4. The molecule has 0 amide bonds. The van der Waals surface area contributed by atoms with Gasteiger partial charge in [-0.15, -0.1) is 0 Å². The van der Waals surface area contributed by atoms with E-state index in [2.05, 4.69) is 0 Å². The molecule has 0 saturated carbocycles. The number of carbonyl (C=O) groups is 1. The molecule has 7 heteroatoms. The first-order valence-corrected chi connectivity index (χ1v) is 8.38. The first-order chi connectivity index (χ1) is 13.4. The molecular formula is C20H17ClF3NO2. The van der Waals surface area contributed by atoms with Crippen LogP contribution < -0.4 is 0 Å². The predicted molar refractivity (Wildman–Crippen MR) is 98.2 cm³/mol. The Bertz CT molecular complexity index is 1090. The van der Waals surface area contributed by atoms with Crippen LogP contribution in [0.4, 0.5) is 13.2 Å². The number of hydrogen-bond acceptors (Lipinski definition) is 2. The van der Waals surface area contributed by atoms with E-state index in [1.807, 2.05) is 0 Å². The number of benzene rings is 2. The Morgan fingerprint density at radius 1 is 1.22 bits per heavy atom. The molecule has 3 aromatic rings. The van der Waals surface area contributed by atoms with Crippen molar-refractivity contribution in [2.75, 3.05) is 7.11 Å². The maximum absolute atomic E-state index is 13.5. The zero-order valence-corrected chi connectivity index (χ0v) is 15.3. The second kappa shape index (κ2) is 7.27. The molecule has 0 fully saturated rings. The van der Waals surface area contributed by atoms with Gasteiger partial charge in [0.2, 0.25) is 0 Å². The van der Waals surface area contributed by atoms with E-state index < -0.39 is 24.2 Å². The lowest BCUT2D eigenvalue weighted by molar-refractivity contribution is -0.138. The molecule has 0 aliphatic rings. The van der Waals surface area contributed by atoms with Crippen molar-refractivity contribution in [1.29, 1.82) is 0 Å². The average Bonchev–Trinajstić information content (AvgIpc) is 2.98. The van der Waals surface area contributed by atoms with Crippen LogP contribution in [0.2, 0.25) is 5.02 Å². The average molecular weight is 398 g/mol. The van der Waals surface area contributed by atoms with Gasteiger partial charge in [0, 0.05) is 37.3 Å². The minimum Gasteiger partial charge on any atom is -0.465 e. The molecule has 0 aliphatic heterocycles. The topological polar surface area (TPSA) is 31.2 Å². The summed E-state index contributed by atoms with van der Waals surface area (Å²) in [6.45, 7) is -0.564. The molecule has 27 heavy (non-hydrogen) atoms. The summed E-state index contributed by atoms with van der Waals surface area (Å²) in [6.07, 6.45) is -4.76. The molecule has 1 heterocycles. The molecule has 0 atom stereocenters. The highest BCUT2D eigenvalue weighted by atomic mass is 35.5. The zero-order valence-electron chi connectivity index (χ0n) is 16.5. The van der Waals surface area contributed by atoms with E-state index in [0.29, 0.717) is 16.6 Å². The Kier molecular flexibility index (Phi) is 4.49. The van der Waals surface area contributed by atoms with Crippen molar-refractivity contribution in [3.8, 4) is 0 Å². The first kappa shape index (κ1) is 16.7. The van der Waals surface area contributed by atoms with Crippen molar-refractivity contribution < 1.29 is 25.4 Å². The van der Waals surface area contributed by atoms with Crippen LogP contribution >= 0.6 is 11.6 Å². The lowest BCUT2D eigenvalue weighted by Crippen LogP contribution is -2.11. The molecule has 0 radical (unpaired) electrons. The summed E-state index contributed by atoms with van der Waals surface area (Å²) in [5.41, 5.74) is 0.171. The first-order valence-electron chi connectivity index (χ1n) is 9.00. The Morgan fingerprint density at radius 3 is 2.59 bits per heavy atom.